The number of hydrogen-bond acceptors (Lipinski definition) is 2. The molecule has 1 saturated heterocycles. The van der Waals surface area contributed by atoms with Crippen LogP contribution in [0.1, 0.15) is 33.1 Å². The lowest BCUT2D eigenvalue weighted by Crippen LogP contribution is -2.43. The topological polar surface area (TPSA) is 21.3 Å². The lowest BCUT2D eigenvalue weighted by atomic mass is 10.0. The molecule has 0 saturated carbocycles. The second-order valence-electron chi connectivity index (χ2n) is 4.34. The lowest BCUT2D eigenvalue weighted by molar-refractivity contribution is 0.103. The molecule has 0 aromatic carbocycles. The molecule has 0 radical (unpaired) electrons. The summed E-state index contributed by atoms with van der Waals surface area (Å²) >= 11 is 3.47. The summed E-state index contributed by atoms with van der Waals surface area (Å²) in [6, 6.07) is 0. The number of alkyl halides is 1. The fraction of sp³-hybridized carbons (Fsp3) is 1.00. The Kier molecular flexibility index (Phi) is 4.70. The fourth-order valence-electron chi connectivity index (χ4n) is 1.52. The van der Waals surface area contributed by atoms with E-state index in [1.54, 1.807) is 0 Å². The van der Waals surface area contributed by atoms with Gasteiger partial charge in [0.1, 0.15) is 0 Å². The van der Waals surface area contributed by atoms with E-state index in [0.29, 0.717) is 6.10 Å². The molecular formula is C10H20BrNO. The Morgan fingerprint density at radius 3 is 2.85 bits per heavy atom. The molecule has 0 aromatic rings. The summed E-state index contributed by atoms with van der Waals surface area (Å²) in [4.78, 5) is 0. The molecule has 1 heterocycles. The first-order valence-corrected chi connectivity index (χ1v) is 6.19. The second kappa shape index (κ2) is 5.32. The summed E-state index contributed by atoms with van der Waals surface area (Å²) in [5.74, 6) is 0. The van der Waals surface area contributed by atoms with Crippen LogP contribution < -0.4 is 5.32 Å². The molecule has 0 aromatic heterocycles. The molecule has 1 N–H and O–H groups in total. The van der Waals surface area contributed by atoms with Gasteiger partial charge in [-0.15, -0.1) is 0 Å². The maximum atomic E-state index is 5.55. The Morgan fingerprint density at radius 2 is 2.31 bits per heavy atom. The standard InChI is InChI=1S/C10H20BrNO/c1-10(2,5-6-11)12-8-9-4-3-7-13-9/h9,12H,3-8H2,1-2H3. The van der Waals surface area contributed by atoms with Crippen molar-refractivity contribution < 1.29 is 4.74 Å². The predicted octanol–water partition coefficient (Wildman–Crippen LogP) is 2.32. The maximum Gasteiger partial charge on any atom is 0.0700 e. The highest BCUT2D eigenvalue weighted by Gasteiger charge is 2.20. The van der Waals surface area contributed by atoms with Gasteiger partial charge in [0.25, 0.3) is 0 Å². The number of rotatable bonds is 5. The van der Waals surface area contributed by atoms with Crippen LogP contribution >= 0.6 is 15.9 Å². The second-order valence-corrected chi connectivity index (χ2v) is 5.13. The Morgan fingerprint density at radius 1 is 1.54 bits per heavy atom. The predicted molar refractivity (Wildman–Crippen MR) is 59.5 cm³/mol. The normalized spacial score (nSPS) is 23.8. The molecule has 1 atom stereocenters. The zero-order valence-corrected chi connectivity index (χ0v) is 10.2. The summed E-state index contributed by atoms with van der Waals surface area (Å²) in [6.07, 6.45) is 4.05. The fourth-order valence-corrected chi connectivity index (χ4v) is 2.51. The van der Waals surface area contributed by atoms with E-state index in [2.05, 4.69) is 35.1 Å². The van der Waals surface area contributed by atoms with Crippen molar-refractivity contribution in [2.24, 2.45) is 0 Å². The Bertz CT molecular complexity index is 144. The molecule has 3 heteroatoms. The Labute approximate surface area is 89.5 Å². The van der Waals surface area contributed by atoms with E-state index in [1.165, 1.54) is 12.8 Å². The molecule has 0 amide bonds. The zero-order chi connectivity index (χ0) is 9.73. The van der Waals surface area contributed by atoms with E-state index in [0.717, 1.165) is 24.9 Å². The van der Waals surface area contributed by atoms with E-state index >= 15 is 0 Å². The number of hydrogen-bond donors (Lipinski definition) is 1. The number of ether oxygens (including phenoxy) is 1. The van der Waals surface area contributed by atoms with E-state index < -0.39 is 0 Å². The highest BCUT2D eigenvalue weighted by atomic mass is 79.9. The van der Waals surface area contributed by atoms with Gasteiger partial charge in [-0.05, 0) is 33.1 Å². The minimum Gasteiger partial charge on any atom is -0.377 e. The number of nitrogens with one attached hydrogen (secondary N) is 1. The molecule has 13 heavy (non-hydrogen) atoms. The van der Waals surface area contributed by atoms with Crippen LogP contribution in [0.25, 0.3) is 0 Å². The van der Waals surface area contributed by atoms with Crippen LogP contribution in [0.15, 0.2) is 0 Å². The third-order valence-corrected chi connectivity index (χ3v) is 2.95. The van der Waals surface area contributed by atoms with Crippen molar-refractivity contribution in [3.05, 3.63) is 0 Å². The first-order valence-electron chi connectivity index (χ1n) is 5.07. The molecule has 1 unspecified atom stereocenters. The largest absolute Gasteiger partial charge is 0.377 e. The number of halogens is 1. The van der Waals surface area contributed by atoms with E-state index in [9.17, 15) is 0 Å². The summed E-state index contributed by atoms with van der Waals surface area (Å²) in [5.41, 5.74) is 0.232. The average molecular weight is 250 g/mol. The molecule has 1 aliphatic heterocycles. The highest BCUT2D eigenvalue weighted by Crippen LogP contribution is 2.14. The summed E-state index contributed by atoms with van der Waals surface area (Å²) < 4.78 is 5.55. The summed E-state index contributed by atoms with van der Waals surface area (Å²) in [6.45, 7) is 6.43. The van der Waals surface area contributed by atoms with Gasteiger partial charge in [-0.1, -0.05) is 15.9 Å². The molecule has 1 fully saturated rings. The van der Waals surface area contributed by atoms with Gasteiger partial charge in [0.05, 0.1) is 6.10 Å². The molecule has 1 rings (SSSR count). The van der Waals surface area contributed by atoms with Crippen LogP contribution in [0.5, 0.6) is 0 Å². The third-order valence-electron chi connectivity index (χ3n) is 2.55. The molecule has 0 bridgehead atoms. The molecule has 78 valence electrons. The van der Waals surface area contributed by atoms with Gasteiger partial charge < -0.3 is 10.1 Å². The first kappa shape index (κ1) is 11.5. The Hall–Kier alpha value is 0.400. The van der Waals surface area contributed by atoms with E-state index in [-0.39, 0.29) is 5.54 Å². The van der Waals surface area contributed by atoms with E-state index in [4.69, 9.17) is 4.74 Å². The van der Waals surface area contributed by atoms with Gasteiger partial charge in [0.15, 0.2) is 0 Å². The molecule has 1 aliphatic rings. The minimum absolute atomic E-state index is 0.232. The molecule has 2 nitrogen and oxygen atoms in total. The van der Waals surface area contributed by atoms with Crippen LogP contribution in [0.4, 0.5) is 0 Å². The molecular weight excluding hydrogens is 230 g/mol. The van der Waals surface area contributed by atoms with Gasteiger partial charge >= 0.3 is 0 Å². The maximum absolute atomic E-state index is 5.55. The molecule has 0 spiro atoms. The SMILES string of the molecule is CC(C)(CCBr)NCC1CCCO1. The van der Waals surface area contributed by atoms with Crippen LogP contribution in [0.3, 0.4) is 0 Å². The van der Waals surface area contributed by atoms with Crippen LogP contribution in [-0.2, 0) is 4.74 Å². The van der Waals surface area contributed by atoms with Gasteiger partial charge in [-0.2, -0.15) is 0 Å². The van der Waals surface area contributed by atoms with Crippen molar-refractivity contribution in [2.45, 2.75) is 44.8 Å². The van der Waals surface area contributed by atoms with Crippen molar-refractivity contribution in [1.82, 2.24) is 5.32 Å². The van der Waals surface area contributed by atoms with Crippen molar-refractivity contribution in [3.63, 3.8) is 0 Å². The zero-order valence-electron chi connectivity index (χ0n) is 8.61. The minimum atomic E-state index is 0.232. The van der Waals surface area contributed by atoms with Crippen molar-refractivity contribution in [2.75, 3.05) is 18.5 Å². The average Bonchev–Trinajstić information content (AvgIpc) is 2.52. The van der Waals surface area contributed by atoms with Gasteiger partial charge in [0, 0.05) is 24.0 Å². The van der Waals surface area contributed by atoms with Crippen LogP contribution in [0.2, 0.25) is 0 Å². The van der Waals surface area contributed by atoms with Crippen LogP contribution in [0, 0.1) is 0 Å². The van der Waals surface area contributed by atoms with E-state index in [1.807, 2.05) is 0 Å². The van der Waals surface area contributed by atoms with Crippen LogP contribution in [-0.4, -0.2) is 30.1 Å². The lowest BCUT2D eigenvalue weighted by Gasteiger charge is -2.27. The first-order chi connectivity index (χ1) is 6.14. The third kappa shape index (κ3) is 4.43. The smallest absolute Gasteiger partial charge is 0.0700 e. The summed E-state index contributed by atoms with van der Waals surface area (Å²) in [5, 5.41) is 4.60. The quantitative estimate of drug-likeness (QED) is 0.756. The van der Waals surface area contributed by atoms with Crippen molar-refractivity contribution in [1.29, 1.82) is 0 Å². The highest BCUT2D eigenvalue weighted by molar-refractivity contribution is 9.09. The monoisotopic (exact) mass is 249 g/mol. The van der Waals surface area contributed by atoms with Crippen molar-refractivity contribution in [3.8, 4) is 0 Å². The van der Waals surface area contributed by atoms with Gasteiger partial charge in [-0.25, -0.2) is 0 Å². The summed E-state index contributed by atoms with van der Waals surface area (Å²) in [7, 11) is 0. The Balaban J connectivity index is 2.15. The van der Waals surface area contributed by atoms with Crippen molar-refractivity contribution >= 4 is 15.9 Å². The molecule has 0 aliphatic carbocycles. The van der Waals surface area contributed by atoms with Gasteiger partial charge in [-0.3, -0.25) is 0 Å². The van der Waals surface area contributed by atoms with Gasteiger partial charge in [0.2, 0.25) is 0 Å².